The van der Waals surface area contributed by atoms with Gasteiger partial charge in [-0.15, -0.1) is 0 Å². The first-order valence-electron chi connectivity index (χ1n) is 10.8. The van der Waals surface area contributed by atoms with Gasteiger partial charge >= 0.3 is 0 Å². The summed E-state index contributed by atoms with van der Waals surface area (Å²) in [5.41, 5.74) is 1.95. The molecule has 1 aromatic heterocycles. The van der Waals surface area contributed by atoms with Crippen LogP contribution in [0.15, 0.2) is 54.7 Å². The molecule has 1 fully saturated rings. The van der Waals surface area contributed by atoms with Crippen molar-refractivity contribution in [1.29, 1.82) is 0 Å². The highest BCUT2D eigenvalue weighted by atomic mass is 16.5. The summed E-state index contributed by atoms with van der Waals surface area (Å²) in [5, 5.41) is 22.9. The molecule has 4 rings (SSSR count). The maximum Gasteiger partial charge on any atom is 0.161 e. The molecule has 3 aromatic rings. The number of methoxy groups -OCH3 is 1. The number of likely N-dealkylation sites (tertiary alicyclic amines) is 1. The lowest BCUT2D eigenvalue weighted by molar-refractivity contribution is -0.0820. The molecule has 1 aliphatic heterocycles. The number of para-hydroxylation sites is 1. The number of fused-ring (bicyclic) bond motifs is 1. The maximum absolute atomic E-state index is 11.2. The Morgan fingerprint density at radius 2 is 1.87 bits per heavy atom. The van der Waals surface area contributed by atoms with Crippen molar-refractivity contribution < 1.29 is 19.7 Å². The van der Waals surface area contributed by atoms with Crippen molar-refractivity contribution in [2.75, 3.05) is 26.8 Å². The van der Waals surface area contributed by atoms with E-state index >= 15 is 0 Å². The van der Waals surface area contributed by atoms with Crippen LogP contribution in [0.5, 0.6) is 11.5 Å². The number of hydrogen-bond acceptors (Lipinski definition) is 6. The van der Waals surface area contributed by atoms with Gasteiger partial charge in [0.25, 0.3) is 0 Å². The Kier molecular flexibility index (Phi) is 6.41. The van der Waals surface area contributed by atoms with Crippen molar-refractivity contribution in [2.45, 2.75) is 38.0 Å². The molecule has 6 nitrogen and oxygen atoms in total. The third-order valence-corrected chi connectivity index (χ3v) is 6.13. The van der Waals surface area contributed by atoms with E-state index in [9.17, 15) is 10.2 Å². The second-order valence-corrected chi connectivity index (χ2v) is 8.26. The Bertz CT molecular complexity index is 1030. The minimum Gasteiger partial charge on any atom is -0.493 e. The number of aromatic nitrogens is 1. The summed E-state index contributed by atoms with van der Waals surface area (Å²) >= 11 is 0. The van der Waals surface area contributed by atoms with Crippen LogP contribution in [0.2, 0.25) is 0 Å². The van der Waals surface area contributed by atoms with E-state index in [0.29, 0.717) is 50.5 Å². The molecule has 1 atom stereocenters. The molecule has 6 heteroatoms. The van der Waals surface area contributed by atoms with Crippen LogP contribution in [0.4, 0.5) is 0 Å². The Labute approximate surface area is 183 Å². The molecule has 0 aliphatic carbocycles. The fourth-order valence-corrected chi connectivity index (χ4v) is 4.16. The number of nitrogens with zero attached hydrogens (tertiary/aromatic N) is 2. The number of piperidine rings is 1. The number of aryl methyl sites for hydroxylation is 1. The highest BCUT2D eigenvalue weighted by molar-refractivity contribution is 5.78. The number of aliphatic hydroxyl groups is 2. The molecule has 0 unspecified atom stereocenters. The van der Waals surface area contributed by atoms with Gasteiger partial charge in [0.15, 0.2) is 11.5 Å². The third-order valence-electron chi connectivity index (χ3n) is 6.13. The van der Waals surface area contributed by atoms with E-state index in [2.05, 4.69) is 4.98 Å². The van der Waals surface area contributed by atoms with E-state index in [4.69, 9.17) is 9.47 Å². The first-order chi connectivity index (χ1) is 15.0. The fraction of sp³-hybridized carbons (Fsp3) is 0.400. The molecule has 0 amide bonds. The monoisotopic (exact) mass is 422 g/mol. The number of aliphatic hydroxyl groups excluding tert-OH is 1. The van der Waals surface area contributed by atoms with Gasteiger partial charge in [0, 0.05) is 36.7 Å². The zero-order valence-electron chi connectivity index (χ0n) is 18.1. The van der Waals surface area contributed by atoms with Crippen LogP contribution in [0.25, 0.3) is 10.9 Å². The molecule has 0 saturated carbocycles. The van der Waals surface area contributed by atoms with Gasteiger partial charge in [-0.2, -0.15) is 0 Å². The maximum atomic E-state index is 11.2. The van der Waals surface area contributed by atoms with E-state index in [1.165, 1.54) is 0 Å². The highest BCUT2D eigenvalue weighted by Gasteiger charge is 2.36. The minimum absolute atomic E-state index is 0.385. The van der Waals surface area contributed by atoms with E-state index in [1.54, 1.807) is 13.3 Å². The average Bonchev–Trinajstić information content (AvgIpc) is 2.80. The van der Waals surface area contributed by atoms with Gasteiger partial charge in [-0.05, 0) is 49.6 Å². The van der Waals surface area contributed by atoms with Crippen molar-refractivity contribution in [2.24, 2.45) is 0 Å². The molecule has 2 aromatic carbocycles. The Balaban J connectivity index is 1.31. The van der Waals surface area contributed by atoms with Crippen LogP contribution in [0, 0.1) is 6.92 Å². The smallest absolute Gasteiger partial charge is 0.161 e. The quantitative estimate of drug-likeness (QED) is 0.606. The molecule has 1 aliphatic rings. The van der Waals surface area contributed by atoms with Gasteiger partial charge in [0.1, 0.15) is 6.23 Å². The standard InChI is InChI=1S/C25H30N2O4/c1-18-7-8-22(23(15-18)30-2)31-14-9-24(28)27-12-10-25(29,11-13-27)20-16-19-5-3-4-6-21(19)26-17-20/h3-8,15-17,24,28-29H,9-14H2,1-2H3/t24-/m0/s1. The van der Waals surface area contributed by atoms with Crippen LogP contribution in [0.1, 0.15) is 30.4 Å². The molecule has 1 saturated heterocycles. The van der Waals surface area contributed by atoms with Crippen LogP contribution in [-0.2, 0) is 5.60 Å². The SMILES string of the molecule is COc1cc(C)ccc1OCC[C@H](O)N1CCC(O)(c2cnc3ccccc3c2)CC1. The molecule has 31 heavy (non-hydrogen) atoms. The highest BCUT2D eigenvalue weighted by Crippen LogP contribution is 2.34. The third kappa shape index (κ3) is 4.82. The lowest BCUT2D eigenvalue weighted by Crippen LogP contribution is -2.47. The van der Waals surface area contributed by atoms with Crippen molar-refractivity contribution in [3.8, 4) is 11.5 Å². The second kappa shape index (κ2) is 9.22. The van der Waals surface area contributed by atoms with Crippen LogP contribution < -0.4 is 9.47 Å². The fourth-order valence-electron chi connectivity index (χ4n) is 4.16. The number of pyridine rings is 1. The first-order valence-corrected chi connectivity index (χ1v) is 10.8. The van der Waals surface area contributed by atoms with Gasteiger partial charge in [-0.25, -0.2) is 0 Å². The molecule has 2 N–H and O–H groups in total. The predicted molar refractivity (Wildman–Crippen MR) is 120 cm³/mol. The normalized spacial score (nSPS) is 17.4. The van der Waals surface area contributed by atoms with E-state index in [-0.39, 0.29) is 0 Å². The second-order valence-electron chi connectivity index (χ2n) is 8.26. The first kappa shape index (κ1) is 21.6. The zero-order valence-corrected chi connectivity index (χ0v) is 18.1. The van der Waals surface area contributed by atoms with Crippen LogP contribution in [-0.4, -0.2) is 53.1 Å². The van der Waals surface area contributed by atoms with Crippen molar-refractivity contribution in [3.05, 3.63) is 65.9 Å². The van der Waals surface area contributed by atoms with E-state index < -0.39 is 11.8 Å². The zero-order chi connectivity index (χ0) is 21.8. The lowest BCUT2D eigenvalue weighted by atomic mass is 9.84. The van der Waals surface area contributed by atoms with Gasteiger partial charge in [-0.3, -0.25) is 9.88 Å². The van der Waals surface area contributed by atoms with Gasteiger partial charge < -0.3 is 19.7 Å². The molecule has 0 radical (unpaired) electrons. The summed E-state index contributed by atoms with van der Waals surface area (Å²) in [6.45, 7) is 3.61. The topological polar surface area (TPSA) is 75.0 Å². The predicted octanol–water partition coefficient (Wildman–Crippen LogP) is 3.62. The number of hydrogen-bond donors (Lipinski definition) is 2. The van der Waals surface area contributed by atoms with Crippen LogP contribution in [0.3, 0.4) is 0 Å². The summed E-state index contributed by atoms with van der Waals surface area (Å²) in [4.78, 5) is 6.49. The summed E-state index contributed by atoms with van der Waals surface area (Å²) in [6, 6.07) is 15.7. The number of ether oxygens (including phenoxy) is 2. The van der Waals surface area contributed by atoms with Gasteiger partial charge in [0.2, 0.25) is 0 Å². The van der Waals surface area contributed by atoms with Gasteiger partial charge in [-0.1, -0.05) is 24.3 Å². The molecule has 2 heterocycles. The Morgan fingerprint density at radius 1 is 1.10 bits per heavy atom. The Morgan fingerprint density at radius 3 is 2.65 bits per heavy atom. The molecule has 164 valence electrons. The molecule has 0 bridgehead atoms. The molecular weight excluding hydrogens is 392 g/mol. The van der Waals surface area contributed by atoms with E-state index in [0.717, 1.165) is 22.0 Å². The van der Waals surface area contributed by atoms with Crippen molar-refractivity contribution in [1.82, 2.24) is 9.88 Å². The summed E-state index contributed by atoms with van der Waals surface area (Å²) in [5.74, 6) is 1.37. The van der Waals surface area contributed by atoms with Crippen molar-refractivity contribution >= 4 is 10.9 Å². The lowest BCUT2D eigenvalue weighted by Gasteiger charge is -2.40. The Hall–Kier alpha value is -2.67. The average molecular weight is 423 g/mol. The molecular formula is C25H30N2O4. The summed E-state index contributed by atoms with van der Waals surface area (Å²) in [6.07, 6.45) is 2.74. The number of benzene rings is 2. The van der Waals surface area contributed by atoms with Crippen LogP contribution >= 0.6 is 0 Å². The summed E-state index contributed by atoms with van der Waals surface area (Å²) < 4.78 is 11.2. The van der Waals surface area contributed by atoms with Gasteiger partial charge in [0.05, 0.1) is 24.8 Å². The largest absolute Gasteiger partial charge is 0.493 e. The minimum atomic E-state index is -0.918. The summed E-state index contributed by atoms with van der Waals surface area (Å²) in [7, 11) is 1.62. The molecule has 0 spiro atoms. The van der Waals surface area contributed by atoms with E-state index in [1.807, 2.05) is 60.4 Å². The number of rotatable bonds is 7. The van der Waals surface area contributed by atoms with Crippen molar-refractivity contribution in [3.63, 3.8) is 0 Å².